The van der Waals surface area contributed by atoms with E-state index in [4.69, 9.17) is 29.4 Å². The van der Waals surface area contributed by atoms with Crippen LogP contribution in [0.15, 0.2) is 41.0 Å². The van der Waals surface area contributed by atoms with Gasteiger partial charge in [-0.1, -0.05) is 6.07 Å². The third-order valence-corrected chi connectivity index (χ3v) is 4.09. The van der Waals surface area contributed by atoms with Crippen LogP contribution in [-0.2, 0) is 19.0 Å². The van der Waals surface area contributed by atoms with Gasteiger partial charge in [0.1, 0.15) is 24.0 Å². The first-order chi connectivity index (χ1) is 13.0. The molecule has 8 heteroatoms. The number of ether oxygens (including phenoxy) is 5. The lowest BCUT2D eigenvalue weighted by atomic mass is 9.83. The van der Waals surface area contributed by atoms with Crippen LogP contribution in [0.4, 0.5) is 0 Å². The Balaban J connectivity index is 2.53. The van der Waals surface area contributed by atoms with Crippen LogP contribution in [0.2, 0.25) is 0 Å². The van der Waals surface area contributed by atoms with Gasteiger partial charge in [0.05, 0.1) is 32.3 Å². The number of allylic oxidation sites excluding steroid dienone is 2. The first kappa shape index (κ1) is 20.1. The smallest absolute Gasteiger partial charge is 0.338 e. The maximum atomic E-state index is 12.7. The van der Waals surface area contributed by atoms with Gasteiger partial charge < -0.3 is 29.4 Å². The molecule has 0 aliphatic carbocycles. The zero-order chi connectivity index (χ0) is 20.0. The fraction of sp³-hybridized carbons (Fsp3) is 0.368. The van der Waals surface area contributed by atoms with Gasteiger partial charge in [-0.05, 0) is 24.6 Å². The summed E-state index contributed by atoms with van der Waals surface area (Å²) >= 11 is 0. The van der Waals surface area contributed by atoms with E-state index in [1.165, 1.54) is 21.3 Å². The van der Waals surface area contributed by atoms with Gasteiger partial charge in [-0.3, -0.25) is 0 Å². The van der Waals surface area contributed by atoms with Crippen molar-refractivity contribution in [2.24, 2.45) is 5.73 Å². The van der Waals surface area contributed by atoms with E-state index in [-0.39, 0.29) is 36.0 Å². The highest BCUT2D eigenvalue weighted by Crippen LogP contribution is 2.42. The van der Waals surface area contributed by atoms with E-state index in [2.05, 4.69) is 0 Å². The largest absolute Gasteiger partial charge is 0.493 e. The minimum absolute atomic E-state index is 0.0526. The number of hydrogen-bond acceptors (Lipinski definition) is 8. The number of hydrogen-bond donors (Lipinski definition) is 1. The summed E-state index contributed by atoms with van der Waals surface area (Å²) < 4.78 is 26.1. The molecule has 2 rings (SSSR count). The second kappa shape index (κ2) is 8.96. The number of nitrogens with zero attached hydrogens (tertiary/aromatic N) is 1. The van der Waals surface area contributed by atoms with Crippen LogP contribution >= 0.6 is 0 Å². The number of carbonyl (C=O) groups excluding carboxylic acids is 1. The van der Waals surface area contributed by atoms with Crippen LogP contribution in [-0.4, -0.2) is 40.5 Å². The fourth-order valence-corrected chi connectivity index (χ4v) is 2.81. The molecular formula is C19H22N2O6. The Hall–Kier alpha value is -3.18. The van der Waals surface area contributed by atoms with Gasteiger partial charge in [0.2, 0.25) is 5.88 Å². The summed E-state index contributed by atoms with van der Waals surface area (Å²) in [4.78, 5) is 12.7. The van der Waals surface area contributed by atoms with Gasteiger partial charge in [-0.2, -0.15) is 5.26 Å². The Bertz CT molecular complexity index is 822. The average Bonchev–Trinajstić information content (AvgIpc) is 2.66. The first-order valence-electron chi connectivity index (χ1n) is 8.14. The van der Waals surface area contributed by atoms with Gasteiger partial charge in [-0.15, -0.1) is 0 Å². The Labute approximate surface area is 157 Å². The number of rotatable bonds is 7. The molecule has 27 heavy (non-hydrogen) atoms. The molecule has 8 nitrogen and oxygen atoms in total. The number of carbonyl (C=O) groups is 1. The number of methoxy groups -OCH3 is 3. The van der Waals surface area contributed by atoms with Gasteiger partial charge >= 0.3 is 5.97 Å². The molecule has 1 atom stereocenters. The summed E-state index contributed by atoms with van der Waals surface area (Å²) in [5.74, 6) is -0.157. The molecule has 0 unspecified atom stereocenters. The first-order valence-corrected chi connectivity index (χ1v) is 8.14. The van der Waals surface area contributed by atoms with E-state index >= 15 is 0 Å². The Morgan fingerprint density at radius 1 is 1.22 bits per heavy atom. The van der Waals surface area contributed by atoms with Crippen LogP contribution in [0, 0.1) is 11.3 Å². The van der Waals surface area contributed by atoms with E-state index in [9.17, 15) is 10.1 Å². The molecular weight excluding hydrogens is 352 g/mol. The standard InChI is InChI=1S/C19H22N2O6/c1-11-16(19(22)26-8-7-23-2)17(13(10-20)18(21)27-11)12-5-6-14(24-3)15(9-12)25-4/h5-6,9,17H,7-8,21H2,1-4H3/t17-/m1/s1. The van der Waals surface area contributed by atoms with Crippen molar-refractivity contribution in [3.63, 3.8) is 0 Å². The summed E-state index contributed by atoms with van der Waals surface area (Å²) in [7, 11) is 4.53. The molecule has 2 N–H and O–H groups in total. The average molecular weight is 374 g/mol. The van der Waals surface area contributed by atoms with Gasteiger partial charge in [0.25, 0.3) is 0 Å². The topological polar surface area (TPSA) is 113 Å². The number of nitrogens with two attached hydrogens (primary N) is 1. The van der Waals surface area contributed by atoms with E-state index < -0.39 is 11.9 Å². The predicted molar refractivity (Wildman–Crippen MR) is 95.7 cm³/mol. The molecule has 0 bridgehead atoms. The summed E-state index contributed by atoms with van der Waals surface area (Å²) in [6.45, 7) is 1.93. The maximum absolute atomic E-state index is 12.7. The molecule has 0 amide bonds. The van der Waals surface area contributed by atoms with Crippen molar-refractivity contribution >= 4 is 5.97 Å². The molecule has 1 aliphatic rings. The van der Waals surface area contributed by atoms with Crippen molar-refractivity contribution in [2.75, 3.05) is 34.5 Å². The van der Waals surface area contributed by atoms with E-state index in [0.717, 1.165) is 0 Å². The molecule has 0 spiro atoms. The molecule has 0 aromatic heterocycles. The van der Waals surface area contributed by atoms with E-state index in [1.54, 1.807) is 25.1 Å². The van der Waals surface area contributed by atoms with Crippen molar-refractivity contribution < 1.29 is 28.5 Å². The number of esters is 1. The highest BCUT2D eigenvalue weighted by Gasteiger charge is 2.36. The normalized spacial score (nSPS) is 16.5. The fourth-order valence-electron chi connectivity index (χ4n) is 2.81. The van der Waals surface area contributed by atoms with Crippen LogP contribution in [0.1, 0.15) is 18.4 Å². The van der Waals surface area contributed by atoms with Crippen LogP contribution in [0.5, 0.6) is 11.5 Å². The number of nitriles is 1. The molecule has 1 aromatic rings. The van der Waals surface area contributed by atoms with Crippen molar-refractivity contribution in [3.05, 3.63) is 46.6 Å². The Morgan fingerprint density at radius 2 is 1.93 bits per heavy atom. The monoisotopic (exact) mass is 374 g/mol. The van der Waals surface area contributed by atoms with Crippen LogP contribution < -0.4 is 15.2 Å². The van der Waals surface area contributed by atoms with Crippen molar-refractivity contribution in [1.29, 1.82) is 5.26 Å². The molecule has 0 saturated carbocycles. The Morgan fingerprint density at radius 3 is 2.52 bits per heavy atom. The number of benzene rings is 1. The second-order valence-electron chi connectivity index (χ2n) is 5.64. The van der Waals surface area contributed by atoms with Gasteiger partial charge in [-0.25, -0.2) is 4.79 Å². The van der Waals surface area contributed by atoms with Gasteiger partial charge in [0.15, 0.2) is 11.5 Å². The van der Waals surface area contributed by atoms with E-state index in [1.807, 2.05) is 6.07 Å². The van der Waals surface area contributed by atoms with E-state index in [0.29, 0.717) is 17.1 Å². The van der Waals surface area contributed by atoms with Crippen LogP contribution in [0.3, 0.4) is 0 Å². The SMILES string of the molecule is COCCOC(=O)C1=C(C)OC(N)=C(C#N)[C@H]1c1ccc(OC)c(OC)c1. The summed E-state index contributed by atoms with van der Waals surface area (Å²) in [5.41, 5.74) is 6.83. The van der Waals surface area contributed by atoms with Gasteiger partial charge in [0, 0.05) is 7.11 Å². The highest BCUT2D eigenvalue weighted by molar-refractivity contribution is 5.92. The molecule has 144 valence electrons. The third kappa shape index (κ3) is 4.15. The quantitative estimate of drug-likeness (QED) is 0.569. The molecule has 0 radical (unpaired) electrons. The lowest BCUT2D eigenvalue weighted by Crippen LogP contribution is -2.26. The molecule has 1 aliphatic heterocycles. The lowest BCUT2D eigenvalue weighted by Gasteiger charge is -2.27. The molecule has 1 aromatic carbocycles. The summed E-state index contributed by atoms with van der Waals surface area (Å²) in [6, 6.07) is 7.15. The zero-order valence-electron chi connectivity index (χ0n) is 15.7. The molecule has 1 heterocycles. The minimum Gasteiger partial charge on any atom is -0.493 e. The van der Waals surface area contributed by atoms with Crippen LogP contribution in [0.25, 0.3) is 0 Å². The third-order valence-electron chi connectivity index (χ3n) is 4.09. The van der Waals surface area contributed by atoms with Crippen molar-refractivity contribution in [1.82, 2.24) is 0 Å². The zero-order valence-corrected chi connectivity index (χ0v) is 15.7. The van der Waals surface area contributed by atoms with Crippen molar-refractivity contribution in [3.8, 4) is 17.6 Å². The highest BCUT2D eigenvalue weighted by atomic mass is 16.6. The van der Waals surface area contributed by atoms with Crippen molar-refractivity contribution in [2.45, 2.75) is 12.8 Å². The molecule has 0 saturated heterocycles. The Kier molecular flexibility index (Phi) is 6.68. The summed E-state index contributed by atoms with van der Waals surface area (Å²) in [5, 5.41) is 9.60. The maximum Gasteiger partial charge on any atom is 0.338 e. The second-order valence-corrected chi connectivity index (χ2v) is 5.64. The molecule has 0 fully saturated rings. The lowest BCUT2D eigenvalue weighted by molar-refractivity contribution is -0.140. The predicted octanol–water partition coefficient (Wildman–Crippen LogP) is 1.98. The minimum atomic E-state index is -0.751. The summed E-state index contributed by atoms with van der Waals surface area (Å²) in [6.07, 6.45) is 0.